The van der Waals surface area contributed by atoms with Crippen molar-refractivity contribution in [1.82, 2.24) is 24.6 Å². The van der Waals surface area contributed by atoms with Gasteiger partial charge in [0.15, 0.2) is 0 Å². The minimum atomic E-state index is 0.625. The van der Waals surface area contributed by atoms with Gasteiger partial charge in [-0.3, -0.25) is 0 Å². The van der Waals surface area contributed by atoms with Crippen molar-refractivity contribution < 1.29 is 0 Å². The number of pyridine rings is 1. The summed E-state index contributed by atoms with van der Waals surface area (Å²) in [5.74, 6) is 2.43. The molecular formula is C14H14N6. The van der Waals surface area contributed by atoms with Gasteiger partial charge in [-0.25, -0.2) is 14.5 Å². The topological polar surface area (TPSA) is 59.2 Å². The van der Waals surface area contributed by atoms with Gasteiger partial charge < -0.3 is 4.90 Å². The van der Waals surface area contributed by atoms with E-state index in [1.165, 1.54) is 5.56 Å². The maximum atomic E-state index is 4.55. The first-order valence-electron chi connectivity index (χ1n) is 6.60. The number of rotatable bonds is 1. The molecule has 0 amide bonds. The molecule has 6 nitrogen and oxygen atoms in total. The average molecular weight is 266 g/mol. The zero-order chi connectivity index (χ0) is 13.7. The van der Waals surface area contributed by atoms with Gasteiger partial charge >= 0.3 is 0 Å². The van der Waals surface area contributed by atoms with Crippen LogP contribution in [0, 0.1) is 6.92 Å². The van der Waals surface area contributed by atoms with E-state index in [1.54, 1.807) is 4.52 Å². The summed E-state index contributed by atoms with van der Waals surface area (Å²) in [6, 6.07) is 2.19. The highest BCUT2D eigenvalue weighted by Crippen LogP contribution is 2.28. The first-order chi connectivity index (χ1) is 9.70. The van der Waals surface area contributed by atoms with E-state index in [0.29, 0.717) is 5.78 Å². The molecule has 1 aliphatic heterocycles. The highest BCUT2D eigenvalue weighted by atomic mass is 15.3. The average Bonchev–Trinajstić information content (AvgIpc) is 3.00. The van der Waals surface area contributed by atoms with Crippen molar-refractivity contribution >= 4 is 11.6 Å². The zero-order valence-electron chi connectivity index (χ0n) is 11.4. The lowest BCUT2D eigenvalue weighted by atomic mass is 10.1. The highest BCUT2D eigenvalue weighted by molar-refractivity contribution is 5.66. The van der Waals surface area contributed by atoms with Crippen LogP contribution in [0.15, 0.2) is 24.7 Å². The third-order valence-corrected chi connectivity index (χ3v) is 3.65. The number of likely N-dealkylation sites (N-methyl/N-ethyl adjacent to an activating group) is 1. The molecule has 6 heteroatoms. The Bertz CT molecular complexity index is 807. The summed E-state index contributed by atoms with van der Waals surface area (Å²) < 4.78 is 1.71. The summed E-state index contributed by atoms with van der Waals surface area (Å²) in [6.45, 7) is 2.90. The Hall–Kier alpha value is -2.50. The SMILES string of the molecule is Cc1nc2ncc(-c3cnc4c(c3)CCN4C)cn2n1. The number of anilines is 1. The van der Waals surface area contributed by atoms with Crippen LogP contribution in [0.4, 0.5) is 5.82 Å². The number of hydrogen-bond donors (Lipinski definition) is 0. The second kappa shape index (κ2) is 4.00. The van der Waals surface area contributed by atoms with Crippen molar-refractivity contribution in [2.75, 3.05) is 18.5 Å². The molecule has 0 radical (unpaired) electrons. The van der Waals surface area contributed by atoms with Crippen LogP contribution in [0.25, 0.3) is 16.9 Å². The smallest absolute Gasteiger partial charge is 0.252 e. The fourth-order valence-electron chi connectivity index (χ4n) is 2.62. The van der Waals surface area contributed by atoms with E-state index in [0.717, 1.165) is 35.7 Å². The summed E-state index contributed by atoms with van der Waals surface area (Å²) in [4.78, 5) is 15.3. The zero-order valence-corrected chi connectivity index (χ0v) is 11.4. The molecule has 0 N–H and O–H groups in total. The lowest BCUT2D eigenvalue weighted by Crippen LogP contribution is -2.13. The molecule has 4 heterocycles. The Morgan fingerprint density at radius 3 is 2.90 bits per heavy atom. The minimum absolute atomic E-state index is 0.625. The van der Waals surface area contributed by atoms with E-state index in [-0.39, 0.29) is 0 Å². The molecule has 0 saturated carbocycles. The highest BCUT2D eigenvalue weighted by Gasteiger charge is 2.17. The largest absolute Gasteiger partial charge is 0.359 e. The van der Waals surface area contributed by atoms with Crippen molar-refractivity contribution in [2.45, 2.75) is 13.3 Å². The van der Waals surface area contributed by atoms with Crippen LogP contribution in [-0.2, 0) is 6.42 Å². The van der Waals surface area contributed by atoms with Gasteiger partial charge in [0.1, 0.15) is 11.6 Å². The molecule has 0 spiro atoms. The Morgan fingerprint density at radius 2 is 2.00 bits per heavy atom. The number of fused-ring (bicyclic) bond motifs is 2. The molecule has 3 aromatic heterocycles. The molecule has 0 bridgehead atoms. The lowest BCUT2D eigenvalue weighted by molar-refractivity contribution is 0.917. The van der Waals surface area contributed by atoms with Crippen LogP contribution in [0.1, 0.15) is 11.4 Å². The van der Waals surface area contributed by atoms with Crippen LogP contribution in [0.3, 0.4) is 0 Å². The van der Waals surface area contributed by atoms with Crippen molar-refractivity contribution in [1.29, 1.82) is 0 Å². The molecule has 20 heavy (non-hydrogen) atoms. The molecule has 0 aromatic carbocycles. The number of hydrogen-bond acceptors (Lipinski definition) is 5. The molecule has 0 saturated heterocycles. The van der Waals surface area contributed by atoms with E-state index in [2.05, 4.69) is 38.1 Å². The van der Waals surface area contributed by atoms with Gasteiger partial charge in [0.05, 0.1) is 0 Å². The molecular weight excluding hydrogens is 252 g/mol. The van der Waals surface area contributed by atoms with E-state index >= 15 is 0 Å². The second-order valence-corrected chi connectivity index (χ2v) is 5.12. The van der Waals surface area contributed by atoms with Crippen molar-refractivity contribution in [3.63, 3.8) is 0 Å². The van der Waals surface area contributed by atoms with Crippen LogP contribution in [-0.4, -0.2) is 38.2 Å². The molecule has 0 atom stereocenters. The van der Waals surface area contributed by atoms with Gasteiger partial charge in [0.2, 0.25) is 0 Å². The second-order valence-electron chi connectivity index (χ2n) is 5.12. The van der Waals surface area contributed by atoms with Crippen molar-refractivity contribution in [3.8, 4) is 11.1 Å². The van der Waals surface area contributed by atoms with Gasteiger partial charge in [0, 0.05) is 43.3 Å². The summed E-state index contributed by atoms with van der Waals surface area (Å²) in [7, 11) is 2.07. The number of aromatic nitrogens is 5. The van der Waals surface area contributed by atoms with Crippen molar-refractivity contribution in [3.05, 3.63) is 36.0 Å². The van der Waals surface area contributed by atoms with Gasteiger partial charge in [-0.2, -0.15) is 10.1 Å². The third kappa shape index (κ3) is 1.65. The summed E-state index contributed by atoms with van der Waals surface area (Å²) >= 11 is 0. The molecule has 3 aromatic rings. The molecule has 100 valence electrons. The fourth-order valence-corrected chi connectivity index (χ4v) is 2.62. The normalized spacial score (nSPS) is 14.0. The van der Waals surface area contributed by atoms with Crippen molar-refractivity contribution in [2.24, 2.45) is 0 Å². The van der Waals surface area contributed by atoms with E-state index < -0.39 is 0 Å². The predicted octanol–water partition coefficient (Wildman–Crippen LogP) is 1.49. The van der Waals surface area contributed by atoms with E-state index in [1.807, 2.05) is 25.5 Å². The molecule has 4 rings (SSSR count). The molecule has 0 aliphatic carbocycles. The Labute approximate surface area is 116 Å². The predicted molar refractivity (Wildman–Crippen MR) is 75.7 cm³/mol. The first kappa shape index (κ1) is 11.3. The maximum Gasteiger partial charge on any atom is 0.252 e. The summed E-state index contributed by atoms with van der Waals surface area (Å²) in [5.41, 5.74) is 3.37. The maximum absolute atomic E-state index is 4.55. The van der Waals surface area contributed by atoms with Crippen LogP contribution >= 0.6 is 0 Å². The monoisotopic (exact) mass is 266 g/mol. The van der Waals surface area contributed by atoms with Gasteiger partial charge in [-0.15, -0.1) is 0 Å². The Balaban J connectivity index is 1.82. The molecule has 1 aliphatic rings. The summed E-state index contributed by atoms with van der Waals surface area (Å²) in [5, 5.41) is 4.30. The lowest BCUT2D eigenvalue weighted by Gasteiger charge is -2.10. The Kier molecular flexibility index (Phi) is 2.26. The standard InChI is InChI=1S/C14H14N6/c1-9-17-14-16-7-12(8-20(14)18-9)11-5-10-3-4-19(2)13(10)15-6-11/h5-8H,3-4H2,1-2H3. The number of aryl methyl sites for hydroxylation is 1. The van der Waals surface area contributed by atoms with E-state index in [9.17, 15) is 0 Å². The molecule has 0 fully saturated rings. The van der Waals surface area contributed by atoms with Crippen LogP contribution in [0.5, 0.6) is 0 Å². The first-order valence-corrected chi connectivity index (χ1v) is 6.60. The summed E-state index contributed by atoms with van der Waals surface area (Å²) in [6.07, 6.45) is 6.72. The van der Waals surface area contributed by atoms with Gasteiger partial charge in [0.25, 0.3) is 5.78 Å². The minimum Gasteiger partial charge on any atom is -0.359 e. The Morgan fingerprint density at radius 1 is 1.15 bits per heavy atom. The van der Waals surface area contributed by atoms with E-state index in [4.69, 9.17) is 0 Å². The number of nitrogens with zero attached hydrogens (tertiary/aromatic N) is 6. The van der Waals surface area contributed by atoms with Gasteiger partial charge in [-0.05, 0) is 25.0 Å². The third-order valence-electron chi connectivity index (χ3n) is 3.65. The molecule has 0 unspecified atom stereocenters. The fraction of sp³-hybridized carbons (Fsp3) is 0.286. The van der Waals surface area contributed by atoms with Crippen LogP contribution in [0.2, 0.25) is 0 Å². The van der Waals surface area contributed by atoms with Crippen LogP contribution < -0.4 is 4.90 Å². The quantitative estimate of drug-likeness (QED) is 0.668. The van der Waals surface area contributed by atoms with Gasteiger partial charge in [-0.1, -0.05) is 0 Å².